The van der Waals surface area contributed by atoms with E-state index >= 15 is 0 Å². The van der Waals surface area contributed by atoms with Crippen LogP contribution in [0.4, 0.5) is 16.2 Å². The van der Waals surface area contributed by atoms with Crippen molar-refractivity contribution in [2.45, 2.75) is 45.4 Å². The molecule has 7 heteroatoms. The zero-order chi connectivity index (χ0) is 20.9. The van der Waals surface area contributed by atoms with Crippen LogP contribution in [0, 0.1) is 12.8 Å². The molecule has 2 amide bonds. The van der Waals surface area contributed by atoms with Gasteiger partial charge in [0.2, 0.25) is 0 Å². The quantitative estimate of drug-likeness (QED) is 0.626. The lowest BCUT2D eigenvalue weighted by atomic mass is 9.99. The first-order chi connectivity index (χ1) is 13.1. The van der Waals surface area contributed by atoms with Crippen molar-refractivity contribution in [3.63, 3.8) is 0 Å². The largest absolute Gasteiger partial charge is 0.338 e. The standard InChI is InChI=1S/C21H29N3O3S/c1-14(2)13-22-21(25)23-17-9-11-18(12-10-17)28(26,27)24-20-16(5)7-6-8-19(20)15(3)4/h6-12,14-15,24H,13H2,1-5H3,(H2,22,23,25). The van der Waals surface area contributed by atoms with Crippen molar-refractivity contribution in [2.75, 3.05) is 16.6 Å². The van der Waals surface area contributed by atoms with Gasteiger partial charge in [-0.15, -0.1) is 0 Å². The lowest BCUT2D eigenvalue weighted by molar-refractivity contribution is 0.251. The maximum absolute atomic E-state index is 12.8. The van der Waals surface area contributed by atoms with E-state index in [4.69, 9.17) is 0 Å². The molecule has 2 aromatic rings. The third kappa shape index (κ3) is 5.73. The summed E-state index contributed by atoms with van der Waals surface area (Å²) in [6.45, 7) is 10.5. The van der Waals surface area contributed by atoms with Crippen LogP contribution in [0.25, 0.3) is 0 Å². The maximum Gasteiger partial charge on any atom is 0.319 e. The lowest BCUT2D eigenvalue weighted by Gasteiger charge is -2.17. The summed E-state index contributed by atoms with van der Waals surface area (Å²) >= 11 is 0. The number of carbonyl (C=O) groups is 1. The van der Waals surface area contributed by atoms with Crippen molar-refractivity contribution in [1.29, 1.82) is 0 Å². The van der Waals surface area contributed by atoms with Gasteiger partial charge in [0.05, 0.1) is 10.6 Å². The molecule has 0 atom stereocenters. The van der Waals surface area contributed by atoms with Gasteiger partial charge in [-0.25, -0.2) is 13.2 Å². The molecule has 0 saturated carbocycles. The molecule has 0 heterocycles. The van der Waals surface area contributed by atoms with Gasteiger partial charge < -0.3 is 10.6 Å². The maximum atomic E-state index is 12.8. The molecule has 0 unspecified atom stereocenters. The number of rotatable bonds is 7. The van der Waals surface area contributed by atoms with Crippen LogP contribution in [0.3, 0.4) is 0 Å². The molecule has 0 bridgehead atoms. The Bertz CT molecular complexity index is 920. The molecule has 0 aliphatic carbocycles. The molecular formula is C21H29N3O3S. The SMILES string of the molecule is Cc1cccc(C(C)C)c1NS(=O)(=O)c1ccc(NC(=O)NCC(C)C)cc1. The van der Waals surface area contributed by atoms with Crippen molar-refractivity contribution in [3.8, 4) is 0 Å². The molecule has 6 nitrogen and oxygen atoms in total. The van der Waals surface area contributed by atoms with E-state index in [0.29, 0.717) is 23.8 Å². The van der Waals surface area contributed by atoms with Gasteiger partial charge in [-0.3, -0.25) is 4.72 Å². The van der Waals surface area contributed by atoms with E-state index in [2.05, 4.69) is 15.4 Å². The molecule has 0 aromatic heterocycles. The predicted octanol–water partition coefficient (Wildman–Crippen LogP) is 4.70. The summed E-state index contributed by atoms with van der Waals surface area (Å²) in [4.78, 5) is 12.0. The number of aryl methyl sites for hydroxylation is 1. The highest BCUT2D eigenvalue weighted by Gasteiger charge is 2.18. The minimum Gasteiger partial charge on any atom is -0.338 e. The summed E-state index contributed by atoms with van der Waals surface area (Å²) in [5, 5.41) is 5.44. The molecule has 0 aliphatic rings. The number of hydrogen-bond acceptors (Lipinski definition) is 3. The fraction of sp³-hybridized carbons (Fsp3) is 0.381. The van der Waals surface area contributed by atoms with Gasteiger partial charge in [0.15, 0.2) is 0 Å². The van der Waals surface area contributed by atoms with Gasteiger partial charge in [0, 0.05) is 12.2 Å². The Morgan fingerprint density at radius 1 is 1.00 bits per heavy atom. The Kier molecular flexibility index (Phi) is 7.07. The fourth-order valence-electron chi connectivity index (χ4n) is 2.69. The van der Waals surface area contributed by atoms with Gasteiger partial charge in [-0.2, -0.15) is 0 Å². The molecule has 3 N–H and O–H groups in total. The van der Waals surface area contributed by atoms with Crippen molar-refractivity contribution in [1.82, 2.24) is 5.32 Å². The van der Waals surface area contributed by atoms with Crippen LogP contribution in [0.15, 0.2) is 47.4 Å². The normalized spacial score (nSPS) is 11.5. The monoisotopic (exact) mass is 403 g/mol. The Morgan fingerprint density at radius 2 is 1.64 bits per heavy atom. The van der Waals surface area contributed by atoms with Crippen LogP contribution < -0.4 is 15.4 Å². The number of nitrogens with one attached hydrogen (secondary N) is 3. The van der Waals surface area contributed by atoms with E-state index < -0.39 is 10.0 Å². The number of sulfonamides is 1. The summed E-state index contributed by atoms with van der Waals surface area (Å²) in [5.74, 6) is 0.537. The molecule has 0 spiro atoms. The number of amides is 2. The first-order valence-corrected chi connectivity index (χ1v) is 10.9. The van der Waals surface area contributed by atoms with Crippen LogP contribution in [0.5, 0.6) is 0 Å². The third-order valence-electron chi connectivity index (χ3n) is 4.26. The van der Waals surface area contributed by atoms with Crippen molar-refractivity contribution in [2.24, 2.45) is 5.92 Å². The molecule has 152 valence electrons. The third-order valence-corrected chi connectivity index (χ3v) is 5.62. The zero-order valence-electron chi connectivity index (χ0n) is 17.0. The summed E-state index contributed by atoms with van der Waals surface area (Å²) < 4.78 is 28.4. The first kappa shape index (κ1) is 21.8. The number of urea groups is 1. The summed E-state index contributed by atoms with van der Waals surface area (Å²) in [5.41, 5.74) is 2.96. The first-order valence-electron chi connectivity index (χ1n) is 9.37. The predicted molar refractivity (Wildman–Crippen MR) is 114 cm³/mol. The van der Waals surface area contributed by atoms with Gasteiger partial charge in [-0.05, 0) is 54.2 Å². The van der Waals surface area contributed by atoms with Crippen LogP contribution >= 0.6 is 0 Å². The summed E-state index contributed by atoms with van der Waals surface area (Å²) in [6.07, 6.45) is 0. The molecule has 0 aliphatic heterocycles. The number of para-hydroxylation sites is 1. The number of anilines is 2. The highest BCUT2D eigenvalue weighted by Crippen LogP contribution is 2.29. The van der Waals surface area contributed by atoms with E-state index in [1.165, 1.54) is 12.1 Å². The van der Waals surface area contributed by atoms with Gasteiger partial charge in [-0.1, -0.05) is 45.9 Å². The molecule has 0 saturated heterocycles. The fourth-order valence-corrected chi connectivity index (χ4v) is 3.85. The second kappa shape index (κ2) is 9.10. The molecule has 2 rings (SSSR count). The van der Waals surface area contributed by atoms with Crippen molar-refractivity contribution < 1.29 is 13.2 Å². The van der Waals surface area contributed by atoms with Crippen LogP contribution in [-0.2, 0) is 10.0 Å². The second-order valence-electron chi connectivity index (χ2n) is 7.55. The highest BCUT2D eigenvalue weighted by molar-refractivity contribution is 7.92. The molecule has 0 radical (unpaired) electrons. The Labute approximate surface area is 167 Å². The average Bonchev–Trinajstić information content (AvgIpc) is 2.62. The summed E-state index contributed by atoms with van der Waals surface area (Å²) in [6, 6.07) is 11.5. The Balaban J connectivity index is 2.16. The van der Waals surface area contributed by atoms with E-state index in [1.54, 1.807) is 12.1 Å². The number of carbonyl (C=O) groups excluding carboxylic acids is 1. The van der Waals surface area contributed by atoms with Gasteiger partial charge in [0.25, 0.3) is 10.0 Å². The van der Waals surface area contributed by atoms with Gasteiger partial charge in [0.1, 0.15) is 0 Å². The Hall–Kier alpha value is -2.54. The summed E-state index contributed by atoms with van der Waals surface area (Å²) in [7, 11) is -3.74. The molecular weight excluding hydrogens is 374 g/mol. The topological polar surface area (TPSA) is 87.3 Å². The number of benzene rings is 2. The van der Waals surface area contributed by atoms with E-state index in [9.17, 15) is 13.2 Å². The van der Waals surface area contributed by atoms with Crippen LogP contribution in [0.1, 0.15) is 44.7 Å². The molecule has 0 fully saturated rings. The van der Waals surface area contributed by atoms with Crippen LogP contribution in [-0.4, -0.2) is 21.0 Å². The number of hydrogen-bond donors (Lipinski definition) is 3. The van der Waals surface area contributed by atoms with Crippen molar-refractivity contribution >= 4 is 27.4 Å². The lowest BCUT2D eigenvalue weighted by Crippen LogP contribution is -2.31. The van der Waals surface area contributed by atoms with Crippen molar-refractivity contribution in [3.05, 3.63) is 53.6 Å². The molecule has 28 heavy (non-hydrogen) atoms. The van der Waals surface area contributed by atoms with Gasteiger partial charge >= 0.3 is 6.03 Å². The molecule has 2 aromatic carbocycles. The van der Waals surface area contributed by atoms with Crippen LogP contribution in [0.2, 0.25) is 0 Å². The Morgan fingerprint density at radius 3 is 2.21 bits per heavy atom. The highest BCUT2D eigenvalue weighted by atomic mass is 32.2. The minimum absolute atomic E-state index is 0.138. The van der Waals surface area contributed by atoms with E-state index in [-0.39, 0.29) is 16.8 Å². The minimum atomic E-state index is -3.74. The second-order valence-corrected chi connectivity index (χ2v) is 9.23. The van der Waals surface area contributed by atoms with E-state index in [0.717, 1.165) is 11.1 Å². The smallest absolute Gasteiger partial charge is 0.319 e. The average molecular weight is 404 g/mol. The zero-order valence-corrected chi connectivity index (χ0v) is 17.9. The van der Waals surface area contributed by atoms with E-state index in [1.807, 2.05) is 52.8 Å².